The number of esters is 1. The van der Waals surface area contributed by atoms with E-state index in [0.717, 1.165) is 0 Å². The minimum atomic E-state index is -4.16. The zero-order valence-electron chi connectivity index (χ0n) is 18.8. The number of hydrogen-bond acceptors (Lipinski definition) is 6. The van der Waals surface area contributed by atoms with E-state index in [1.54, 1.807) is 18.2 Å². The molecule has 1 aromatic carbocycles. The molecule has 1 N–H and O–H groups in total. The minimum Gasteiger partial charge on any atom is -0.468 e. The quantitative estimate of drug-likeness (QED) is 0.384. The van der Waals surface area contributed by atoms with Gasteiger partial charge in [0, 0.05) is 12.3 Å². The van der Waals surface area contributed by atoms with Crippen LogP contribution in [0.15, 0.2) is 47.4 Å². The van der Waals surface area contributed by atoms with Crippen molar-refractivity contribution in [3.63, 3.8) is 0 Å². The topological polar surface area (TPSA) is 89.9 Å². The maximum atomic E-state index is 13.7. The van der Waals surface area contributed by atoms with Gasteiger partial charge in [0.05, 0.1) is 24.7 Å². The first-order valence-electron chi connectivity index (χ1n) is 10.1. The first-order chi connectivity index (χ1) is 13.7. The number of sulfone groups is 1. The molecule has 1 fully saturated rings. The van der Waals surface area contributed by atoms with E-state index in [4.69, 9.17) is 9.16 Å². The molecule has 0 unspecified atom stereocenters. The fourth-order valence-electron chi connectivity index (χ4n) is 3.74. The third-order valence-electron chi connectivity index (χ3n) is 6.59. The lowest BCUT2D eigenvalue weighted by Gasteiger charge is -2.38. The molecule has 30 heavy (non-hydrogen) atoms. The van der Waals surface area contributed by atoms with Gasteiger partial charge in [-0.1, -0.05) is 45.5 Å². The van der Waals surface area contributed by atoms with Crippen molar-refractivity contribution in [2.75, 3.05) is 13.7 Å². The van der Waals surface area contributed by atoms with Crippen LogP contribution in [0.25, 0.3) is 0 Å². The monoisotopic (exact) mass is 454 g/mol. The third-order valence-corrected chi connectivity index (χ3v) is 13.5. The maximum Gasteiger partial charge on any atom is 0.328 e. The van der Waals surface area contributed by atoms with Gasteiger partial charge < -0.3 is 14.3 Å². The van der Waals surface area contributed by atoms with Gasteiger partial charge in [-0.3, -0.25) is 4.79 Å². The van der Waals surface area contributed by atoms with Crippen LogP contribution in [-0.2, 0) is 23.8 Å². The van der Waals surface area contributed by atoms with Crippen molar-refractivity contribution in [3.8, 4) is 0 Å². The summed E-state index contributed by atoms with van der Waals surface area (Å²) >= 11 is 0. The fourth-order valence-corrected chi connectivity index (χ4v) is 7.01. The van der Waals surface area contributed by atoms with Gasteiger partial charge in [-0.05, 0) is 42.3 Å². The number of benzene rings is 1. The summed E-state index contributed by atoms with van der Waals surface area (Å²) in [6.45, 7) is 14.7. The van der Waals surface area contributed by atoms with Gasteiger partial charge in [0.2, 0.25) is 0 Å². The number of aliphatic hydroxyl groups excluding tert-OH is 1. The molecule has 0 spiro atoms. The Morgan fingerprint density at radius 3 is 2.33 bits per heavy atom. The molecule has 2 rings (SSSR count). The highest BCUT2D eigenvalue weighted by atomic mass is 32.2. The van der Waals surface area contributed by atoms with Crippen LogP contribution in [0.1, 0.15) is 33.6 Å². The van der Waals surface area contributed by atoms with Crippen molar-refractivity contribution in [3.05, 3.63) is 42.5 Å². The Morgan fingerprint density at radius 1 is 1.27 bits per heavy atom. The highest BCUT2D eigenvalue weighted by Gasteiger charge is 2.63. The molecule has 0 amide bonds. The van der Waals surface area contributed by atoms with Gasteiger partial charge >= 0.3 is 5.97 Å². The Labute approximate surface area is 181 Å². The molecule has 0 aromatic heterocycles. The fraction of sp³-hybridized carbons (Fsp3) is 0.591. The summed E-state index contributed by atoms with van der Waals surface area (Å²) in [6.07, 6.45) is -1.08. The second kappa shape index (κ2) is 8.57. The predicted molar refractivity (Wildman–Crippen MR) is 119 cm³/mol. The predicted octanol–water partition coefficient (Wildman–Crippen LogP) is 3.72. The smallest absolute Gasteiger partial charge is 0.328 e. The summed E-state index contributed by atoms with van der Waals surface area (Å²) in [5.41, 5.74) is 0.487. The van der Waals surface area contributed by atoms with Crippen molar-refractivity contribution in [2.45, 2.75) is 67.5 Å². The Hall–Kier alpha value is -1.48. The normalized spacial score (nSPS) is 25.2. The van der Waals surface area contributed by atoms with Crippen molar-refractivity contribution in [2.24, 2.45) is 5.92 Å². The van der Waals surface area contributed by atoms with E-state index >= 15 is 0 Å². The van der Waals surface area contributed by atoms with Gasteiger partial charge in [-0.2, -0.15) is 0 Å². The number of ether oxygens (including phenoxy) is 1. The SMILES string of the molecule is C=C(CO[Si](C)(C)C(C)(C)C)[C@@H]1C[C@H](O)C[C@@]1(C(=O)OC)S(=O)(=O)c1ccccc1. The molecule has 3 atom stereocenters. The number of carbonyl (C=O) groups excluding carboxylic acids is 1. The largest absolute Gasteiger partial charge is 0.468 e. The number of rotatable bonds is 7. The maximum absolute atomic E-state index is 13.7. The van der Waals surface area contributed by atoms with Crippen LogP contribution in [0.2, 0.25) is 18.1 Å². The van der Waals surface area contributed by atoms with Crippen LogP contribution in [0.5, 0.6) is 0 Å². The molecular weight excluding hydrogens is 420 g/mol. The lowest BCUT2D eigenvalue weighted by Crippen LogP contribution is -2.51. The summed E-state index contributed by atoms with van der Waals surface area (Å²) in [6, 6.07) is 7.82. The second-order valence-corrected chi connectivity index (χ2v) is 16.6. The van der Waals surface area contributed by atoms with E-state index in [9.17, 15) is 18.3 Å². The zero-order valence-corrected chi connectivity index (χ0v) is 20.6. The molecule has 6 nitrogen and oxygen atoms in total. The van der Waals surface area contributed by atoms with Crippen molar-refractivity contribution < 1.29 is 27.5 Å². The van der Waals surface area contributed by atoms with Crippen LogP contribution in [0.4, 0.5) is 0 Å². The molecular formula is C22H34O6SSi. The van der Waals surface area contributed by atoms with Crippen LogP contribution in [0, 0.1) is 5.92 Å². The molecule has 1 aromatic rings. The summed E-state index contributed by atoms with van der Waals surface area (Å²) in [4.78, 5) is 13.0. The molecule has 8 heteroatoms. The standard InChI is InChI=1S/C22H34O6SSi/c1-16(15-28-30(6,7)21(2,3)4)19-13-17(23)14-22(19,20(24)27-5)29(25,26)18-11-9-8-10-12-18/h8-12,17,19,23H,1,13-15H2,2-7H3/t17-,19-,22+/m0/s1. The van der Waals surface area contributed by atoms with Gasteiger partial charge in [0.25, 0.3) is 0 Å². The van der Waals surface area contributed by atoms with Crippen molar-refractivity contribution in [1.82, 2.24) is 0 Å². The van der Waals surface area contributed by atoms with Gasteiger partial charge in [-0.25, -0.2) is 8.42 Å². The summed E-state index contributed by atoms with van der Waals surface area (Å²) in [5, 5.41) is 10.4. The summed E-state index contributed by atoms with van der Waals surface area (Å²) < 4.78 is 36.7. The average Bonchev–Trinajstić information content (AvgIpc) is 3.04. The summed E-state index contributed by atoms with van der Waals surface area (Å²) in [7, 11) is -5.11. The number of hydrogen-bond donors (Lipinski definition) is 1. The molecule has 0 heterocycles. The van der Waals surface area contributed by atoms with E-state index < -0.39 is 40.9 Å². The molecule has 0 radical (unpaired) electrons. The highest BCUT2D eigenvalue weighted by Crippen LogP contribution is 2.49. The Bertz CT molecular complexity index is 888. The zero-order chi connectivity index (χ0) is 23.0. The second-order valence-electron chi connectivity index (χ2n) is 9.55. The van der Waals surface area contributed by atoms with Crippen LogP contribution < -0.4 is 0 Å². The van der Waals surface area contributed by atoms with Gasteiger partial charge in [0.15, 0.2) is 22.9 Å². The first-order valence-corrected chi connectivity index (χ1v) is 14.5. The summed E-state index contributed by atoms with van der Waals surface area (Å²) in [5.74, 6) is -1.68. The molecule has 1 saturated carbocycles. The van der Waals surface area contributed by atoms with Crippen molar-refractivity contribution in [1.29, 1.82) is 0 Å². The van der Waals surface area contributed by atoms with E-state index in [1.165, 1.54) is 19.2 Å². The number of carbonyl (C=O) groups is 1. The van der Waals surface area contributed by atoms with Crippen molar-refractivity contribution >= 4 is 24.1 Å². The van der Waals surface area contributed by atoms with Gasteiger partial charge in [0.1, 0.15) is 0 Å². The highest BCUT2D eigenvalue weighted by molar-refractivity contribution is 7.93. The van der Waals surface area contributed by atoms with Crippen LogP contribution in [0.3, 0.4) is 0 Å². The number of aliphatic hydroxyl groups is 1. The third kappa shape index (κ3) is 4.28. The van der Waals surface area contributed by atoms with E-state index in [-0.39, 0.29) is 29.4 Å². The number of methoxy groups -OCH3 is 1. The average molecular weight is 455 g/mol. The van der Waals surface area contributed by atoms with E-state index in [1.807, 2.05) is 0 Å². The molecule has 0 aliphatic heterocycles. The Kier molecular flexibility index (Phi) is 7.08. The molecule has 1 aliphatic rings. The molecule has 1 aliphatic carbocycles. The molecule has 0 bridgehead atoms. The lowest BCUT2D eigenvalue weighted by molar-refractivity contribution is -0.144. The van der Waals surface area contributed by atoms with E-state index in [2.05, 4.69) is 40.4 Å². The lowest BCUT2D eigenvalue weighted by atomic mass is 9.89. The first kappa shape index (κ1) is 24.8. The van der Waals surface area contributed by atoms with E-state index in [0.29, 0.717) is 5.57 Å². The molecule has 0 saturated heterocycles. The van der Waals surface area contributed by atoms with Crippen LogP contribution in [-0.4, -0.2) is 52.4 Å². The van der Waals surface area contributed by atoms with Gasteiger partial charge in [-0.15, -0.1) is 0 Å². The van der Waals surface area contributed by atoms with Crippen LogP contribution >= 0.6 is 0 Å². The Morgan fingerprint density at radius 2 is 1.83 bits per heavy atom. The minimum absolute atomic E-state index is 0.0209. The Balaban J connectivity index is 2.49. The molecule has 168 valence electrons.